The van der Waals surface area contributed by atoms with E-state index in [0.29, 0.717) is 0 Å². The van der Waals surface area contributed by atoms with Crippen LogP contribution in [0.4, 0.5) is 0 Å². The Kier molecular flexibility index (Phi) is 3.95. The Balaban J connectivity index is 3.26. The van der Waals surface area contributed by atoms with Crippen molar-refractivity contribution in [1.82, 2.24) is 0 Å². The summed E-state index contributed by atoms with van der Waals surface area (Å²) in [6.45, 7) is 0. The van der Waals surface area contributed by atoms with Gasteiger partial charge in [0.05, 0.1) is 15.6 Å². The zero-order chi connectivity index (χ0) is 10.9. The van der Waals surface area contributed by atoms with Gasteiger partial charge in [-0.25, -0.2) is 0 Å². The topological polar surface area (TPSA) is 17.1 Å². The monoisotopic (exact) mass is 290 g/mol. The zero-order valence-corrected chi connectivity index (χ0v) is 10.3. The standard InChI is InChI=1S/C8H3Cl5O/c9-4-2-1-3-5(10)6(4)7(14)8(11,12)13/h1-3H. The first-order valence-electron chi connectivity index (χ1n) is 3.39. The average Bonchev–Trinajstić information content (AvgIpc) is 2.01. The third-order valence-corrected chi connectivity index (χ3v) is 2.59. The first kappa shape index (κ1) is 12.4. The number of alkyl halides is 3. The summed E-state index contributed by atoms with van der Waals surface area (Å²) in [6, 6.07) is 4.59. The van der Waals surface area contributed by atoms with Gasteiger partial charge >= 0.3 is 0 Å². The lowest BCUT2D eigenvalue weighted by Gasteiger charge is -2.11. The van der Waals surface area contributed by atoms with Gasteiger partial charge < -0.3 is 0 Å². The van der Waals surface area contributed by atoms with Crippen LogP contribution in [0.15, 0.2) is 18.2 Å². The number of rotatable bonds is 1. The van der Waals surface area contributed by atoms with E-state index in [0.717, 1.165) is 0 Å². The zero-order valence-electron chi connectivity index (χ0n) is 6.53. The van der Waals surface area contributed by atoms with Gasteiger partial charge in [0.2, 0.25) is 5.78 Å². The molecule has 14 heavy (non-hydrogen) atoms. The van der Waals surface area contributed by atoms with Crippen molar-refractivity contribution >= 4 is 63.8 Å². The minimum absolute atomic E-state index is 0.0239. The highest BCUT2D eigenvalue weighted by Crippen LogP contribution is 2.35. The van der Waals surface area contributed by atoms with Crippen molar-refractivity contribution < 1.29 is 4.79 Å². The van der Waals surface area contributed by atoms with E-state index in [4.69, 9.17) is 58.0 Å². The van der Waals surface area contributed by atoms with E-state index in [1.807, 2.05) is 0 Å². The van der Waals surface area contributed by atoms with Gasteiger partial charge in [0, 0.05) is 0 Å². The molecule has 0 radical (unpaired) electrons. The van der Waals surface area contributed by atoms with E-state index in [1.165, 1.54) is 12.1 Å². The summed E-state index contributed by atoms with van der Waals surface area (Å²) < 4.78 is -2.05. The van der Waals surface area contributed by atoms with Crippen molar-refractivity contribution in [2.24, 2.45) is 0 Å². The van der Waals surface area contributed by atoms with Crippen LogP contribution in [0.1, 0.15) is 10.4 Å². The molecule has 0 aromatic heterocycles. The Hall–Kier alpha value is 0.340. The lowest BCUT2D eigenvalue weighted by molar-refractivity contribution is 0.0996. The molecule has 0 fully saturated rings. The maximum absolute atomic E-state index is 11.5. The average molecular weight is 292 g/mol. The molecular formula is C8H3Cl5O. The number of hydrogen-bond acceptors (Lipinski definition) is 1. The van der Waals surface area contributed by atoms with Gasteiger partial charge in [0.1, 0.15) is 0 Å². The van der Waals surface area contributed by atoms with Gasteiger partial charge in [-0.15, -0.1) is 0 Å². The molecule has 0 spiro atoms. The first-order valence-corrected chi connectivity index (χ1v) is 5.28. The van der Waals surface area contributed by atoms with Crippen molar-refractivity contribution in [2.45, 2.75) is 3.79 Å². The van der Waals surface area contributed by atoms with Gasteiger partial charge in [-0.1, -0.05) is 64.1 Å². The number of hydrogen-bond donors (Lipinski definition) is 0. The number of halogens is 5. The molecule has 0 aliphatic heterocycles. The van der Waals surface area contributed by atoms with Crippen molar-refractivity contribution in [3.05, 3.63) is 33.8 Å². The van der Waals surface area contributed by atoms with Crippen LogP contribution in [0, 0.1) is 0 Å². The molecule has 1 nitrogen and oxygen atoms in total. The second-order valence-electron chi connectivity index (χ2n) is 2.42. The maximum Gasteiger partial charge on any atom is 0.253 e. The highest BCUT2D eigenvalue weighted by molar-refractivity contribution is 6.78. The van der Waals surface area contributed by atoms with E-state index >= 15 is 0 Å². The van der Waals surface area contributed by atoms with Crippen molar-refractivity contribution in [3.8, 4) is 0 Å². The molecule has 0 heterocycles. The second-order valence-corrected chi connectivity index (χ2v) is 5.52. The predicted octanol–water partition coefficient (Wildman–Crippen LogP) is 4.55. The highest BCUT2D eigenvalue weighted by Gasteiger charge is 2.34. The van der Waals surface area contributed by atoms with Gasteiger partial charge in [-0.05, 0) is 12.1 Å². The molecule has 0 aliphatic carbocycles. The number of benzene rings is 1. The summed E-state index contributed by atoms with van der Waals surface area (Å²) in [5.41, 5.74) is 0.0239. The van der Waals surface area contributed by atoms with E-state index in [9.17, 15) is 4.79 Å². The maximum atomic E-state index is 11.5. The molecule has 6 heteroatoms. The van der Waals surface area contributed by atoms with Crippen molar-refractivity contribution in [1.29, 1.82) is 0 Å². The van der Waals surface area contributed by atoms with Crippen LogP contribution in [-0.4, -0.2) is 9.58 Å². The van der Waals surface area contributed by atoms with Crippen LogP contribution < -0.4 is 0 Å². The molecule has 1 rings (SSSR count). The third kappa shape index (κ3) is 2.68. The fourth-order valence-electron chi connectivity index (χ4n) is 0.856. The molecular weight excluding hydrogens is 289 g/mol. The molecule has 0 saturated heterocycles. The fraction of sp³-hybridized carbons (Fsp3) is 0.125. The van der Waals surface area contributed by atoms with Crippen LogP contribution in [0.5, 0.6) is 0 Å². The normalized spacial score (nSPS) is 11.5. The first-order chi connectivity index (χ1) is 6.34. The van der Waals surface area contributed by atoms with Crippen LogP contribution in [0.3, 0.4) is 0 Å². The van der Waals surface area contributed by atoms with E-state index in [1.54, 1.807) is 6.07 Å². The summed E-state index contributed by atoms with van der Waals surface area (Å²) in [4.78, 5) is 11.5. The molecule has 0 N–H and O–H groups in total. The third-order valence-electron chi connectivity index (χ3n) is 1.45. The van der Waals surface area contributed by atoms with Gasteiger partial charge in [-0.3, -0.25) is 4.79 Å². The Morgan fingerprint density at radius 2 is 1.50 bits per heavy atom. The lowest BCUT2D eigenvalue weighted by atomic mass is 10.1. The van der Waals surface area contributed by atoms with E-state index in [-0.39, 0.29) is 15.6 Å². The Bertz CT molecular complexity index is 348. The number of ketones is 1. The largest absolute Gasteiger partial charge is 0.289 e. The van der Waals surface area contributed by atoms with Crippen molar-refractivity contribution in [2.75, 3.05) is 0 Å². The Morgan fingerprint density at radius 3 is 1.86 bits per heavy atom. The van der Waals surface area contributed by atoms with Crippen LogP contribution in [0.25, 0.3) is 0 Å². The number of carbonyl (C=O) groups excluding carboxylic acids is 1. The summed E-state index contributed by atoms with van der Waals surface area (Å²) in [7, 11) is 0. The molecule has 0 unspecified atom stereocenters. The molecule has 76 valence electrons. The highest BCUT2D eigenvalue weighted by atomic mass is 35.6. The Morgan fingerprint density at radius 1 is 1.07 bits per heavy atom. The quantitative estimate of drug-likeness (QED) is 0.548. The van der Waals surface area contributed by atoms with Crippen LogP contribution in [0.2, 0.25) is 10.0 Å². The van der Waals surface area contributed by atoms with E-state index < -0.39 is 9.58 Å². The molecule has 0 atom stereocenters. The minimum atomic E-state index is -2.05. The second kappa shape index (κ2) is 4.46. The summed E-state index contributed by atoms with van der Waals surface area (Å²) in [5, 5.41) is 0.322. The number of carbonyl (C=O) groups is 1. The summed E-state index contributed by atoms with van der Waals surface area (Å²) >= 11 is 27.8. The van der Waals surface area contributed by atoms with Gasteiger partial charge in [0.15, 0.2) is 0 Å². The summed E-state index contributed by atoms with van der Waals surface area (Å²) in [6.07, 6.45) is 0. The molecule has 1 aromatic rings. The van der Waals surface area contributed by atoms with Crippen LogP contribution >= 0.6 is 58.0 Å². The van der Waals surface area contributed by atoms with Gasteiger partial charge in [0.25, 0.3) is 3.79 Å². The van der Waals surface area contributed by atoms with Crippen molar-refractivity contribution in [3.63, 3.8) is 0 Å². The SMILES string of the molecule is O=C(c1c(Cl)cccc1Cl)C(Cl)(Cl)Cl. The minimum Gasteiger partial charge on any atom is -0.289 e. The van der Waals surface area contributed by atoms with E-state index in [2.05, 4.69) is 0 Å². The smallest absolute Gasteiger partial charge is 0.253 e. The Labute approximate surface area is 106 Å². The van der Waals surface area contributed by atoms with Gasteiger partial charge in [-0.2, -0.15) is 0 Å². The number of Topliss-reactive ketones (excluding diaryl/α,β-unsaturated/α-hetero) is 1. The predicted molar refractivity (Wildman–Crippen MR) is 61.1 cm³/mol. The van der Waals surface area contributed by atoms with Crippen LogP contribution in [-0.2, 0) is 0 Å². The molecule has 0 bridgehead atoms. The lowest BCUT2D eigenvalue weighted by Crippen LogP contribution is -2.19. The molecule has 0 aliphatic rings. The molecule has 1 aromatic carbocycles. The fourth-order valence-corrected chi connectivity index (χ4v) is 1.71. The molecule has 0 amide bonds. The summed E-state index contributed by atoms with van der Waals surface area (Å²) in [5.74, 6) is -0.738. The molecule has 0 saturated carbocycles.